The van der Waals surface area contributed by atoms with Gasteiger partial charge in [0.2, 0.25) is 0 Å². The Hall–Kier alpha value is -2.26. The summed E-state index contributed by atoms with van der Waals surface area (Å²) in [6.07, 6.45) is 0.587. The fraction of sp³-hybridized carbons (Fsp3) is 0.222. The number of halogens is 1. The van der Waals surface area contributed by atoms with Crippen LogP contribution in [0, 0.1) is 0 Å². The van der Waals surface area contributed by atoms with Crippen LogP contribution in [-0.2, 0) is 30.2 Å². The molecule has 0 fully saturated rings. The molecule has 0 unspecified atom stereocenters. The molecule has 1 aliphatic heterocycles. The van der Waals surface area contributed by atoms with Gasteiger partial charge in [-0.05, 0) is 29.7 Å². The molecule has 27 heavy (non-hydrogen) atoms. The summed E-state index contributed by atoms with van der Waals surface area (Å²) in [6, 6.07) is 13.2. The zero-order valence-electron chi connectivity index (χ0n) is 14.6. The Labute approximate surface area is 163 Å². The number of nitrogens with zero attached hydrogens (tertiary/aromatic N) is 3. The molecule has 0 spiro atoms. The fourth-order valence-corrected chi connectivity index (χ4v) is 4.07. The van der Waals surface area contributed by atoms with Crippen molar-refractivity contribution in [2.75, 3.05) is 6.54 Å². The molecule has 4 rings (SSSR count). The molecule has 0 aliphatic carbocycles. The van der Waals surface area contributed by atoms with Crippen LogP contribution in [0.2, 0.25) is 0 Å². The fourth-order valence-electron chi connectivity index (χ4n) is 3.40. The molecule has 1 aromatic heterocycles. The third-order valence-corrected chi connectivity index (χ3v) is 5.80. The number of rotatable bonds is 2. The molecule has 1 aliphatic rings. The molecule has 3 aromatic rings. The minimum Gasteiger partial charge on any atom is -0.267 e. The Bertz CT molecular complexity index is 1190. The molecule has 2 heterocycles. The average Bonchev–Trinajstić information content (AvgIpc) is 2.63. The van der Waals surface area contributed by atoms with Crippen LogP contribution in [0.3, 0.4) is 0 Å². The van der Waals surface area contributed by atoms with Crippen molar-refractivity contribution in [1.82, 2.24) is 14.1 Å². The topological polar surface area (TPSA) is 98.3 Å². The van der Waals surface area contributed by atoms with Crippen LogP contribution in [0.4, 0.5) is 0 Å². The van der Waals surface area contributed by atoms with Crippen molar-refractivity contribution < 1.29 is 8.42 Å². The van der Waals surface area contributed by atoms with Gasteiger partial charge in [-0.3, -0.25) is 4.79 Å². The normalized spacial score (nSPS) is 14.6. The Morgan fingerprint density at radius 2 is 1.78 bits per heavy atom. The molecule has 0 radical (unpaired) electrons. The van der Waals surface area contributed by atoms with Crippen molar-refractivity contribution in [3.63, 3.8) is 0 Å². The second-order valence-electron chi connectivity index (χ2n) is 6.43. The van der Waals surface area contributed by atoms with Crippen molar-refractivity contribution in [1.29, 1.82) is 0 Å². The van der Waals surface area contributed by atoms with Crippen LogP contribution < -0.4 is 10.7 Å². The maximum absolute atomic E-state index is 12.3. The van der Waals surface area contributed by atoms with Gasteiger partial charge in [-0.25, -0.2) is 9.82 Å². The lowest BCUT2D eigenvalue weighted by atomic mass is 9.96. The maximum Gasteiger partial charge on any atom is 0.277 e. The molecule has 0 amide bonds. The van der Waals surface area contributed by atoms with Gasteiger partial charge in [-0.15, -0.1) is 12.4 Å². The molecule has 7 nitrogen and oxygen atoms in total. The molecule has 9 heteroatoms. The predicted molar refractivity (Wildman–Crippen MR) is 107 cm³/mol. The van der Waals surface area contributed by atoms with Crippen LogP contribution in [-0.4, -0.2) is 29.0 Å². The van der Waals surface area contributed by atoms with Gasteiger partial charge in [0.15, 0.2) is 0 Å². The molecular formula is C18H19ClN4O3S. The number of nitrogens with two attached hydrogens (primary N) is 1. The third kappa shape index (κ3) is 3.49. The van der Waals surface area contributed by atoms with Crippen LogP contribution in [0.5, 0.6) is 0 Å². The number of hydrogen-bond acceptors (Lipinski definition) is 4. The summed E-state index contributed by atoms with van der Waals surface area (Å²) in [5.41, 5.74) is 3.51. The standard InChI is InChI=1S/C18H18N4O3S.ClH/c1-21-18(23)16-5-3-2-4-15(16)17(20-21)13-6-7-14-11-22(26(19,24)25)9-8-12(14)10-13;/h2-7,10H,8-9,11H2,1H3,(H2,19,24,25);1H. The van der Waals surface area contributed by atoms with Gasteiger partial charge < -0.3 is 0 Å². The van der Waals surface area contributed by atoms with E-state index in [9.17, 15) is 13.2 Å². The number of benzene rings is 2. The monoisotopic (exact) mass is 406 g/mol. The summed E-state index contributed by atoms with van der Waals surface area (Å²) in [4.78, 5) is 12.3. The number of aryl methyl sites for hydroxylation is 1. The highest BCUT2D eigenvalue weighted by Crippen LogP contribution is 2.29. The number of hydrogen-bond donors (Lipinski definition) is 1. The zero-order valence-corrected chi connectivity index (χ0v) is 16.3. The quantitative estimate of drug-likeness (QED) is 0.698. The zero-order chi connectivity index (χ0) is 18.5. The summed E-state index contributed by atoms with van der Waals surface area (Å²) in [6.45, 7) is 0.632. The van der Waals surface area contributed by atoms with Gasteiger partial charge >= 0.3 is 0 Å². The van der Waals surface area contributed by atoms with Crippen molar-refractivity contribution in [3.05, 3.63) is 63.9 Å². The first kappa shape index (κ1) is 19.5. The van der Waals surface area contributed by atoms with Gasteiger partial charge in [-0.2, -0.15) is 17.8 Å². The molecule has 0 saturated heterocycles. The lowest BCUT2D eigenvalue weighted by Crippen LogP contribution is -2.40. The van der Waals surface area contributed by atoms with E-state index in [1.807, 2.05) is 36.4 Å². The Balaban J connectivity index is 0.00000210. The second-order valence-corrected chi connectivity index (χ2v) is 7.98. The van der Waals surface area contributed by atoms with Crippen molar-refractivity contribution in [3.8, 4) is 11.3 Å². The summed E-state index contributed by atoms with van der Waals surface area (Å²) in [7, 11) is -2.05. The van der Waals surface area contributed by atoms with E-state index in [-0.39, 0.29) is 24.5 Å². The van der Waals surface area contributed by atoms with E-state index in [4.69, 9.17) is 5.14 Å². The van der Waals surface area contributed by atoms with Gasteiger partial charge in [-0.1, -0.05) is 30.3 Å². The number of aromatic nitrogens is 2. The van der Waals surface area contributed by atoms with E-state index >= 15 is 0 Å². The molecule has 2 N–H and O–H groups in total. The van der Waals surface area contributed by atoms with E-state index < -0.39 is 10.2 Å². The van der Waals surface area contributed by atoms with Gasteiger partial charge in [0.25, 0.3) is 15.8 Å². The van der Waals surface area contributed by atoms with E-state index in [2.05, 4.69) is 5.10 Å². The van der Waals surface area contributed by atoms with Crippen molar-refractivity contribution in [2.45, 2.75) is 13.0 Å². The van der Waals surface area contributed by atoms with Crippen molar-refractivity contribution in [2.24, 2.45) is 12.2 Å². The van der Waals surface area contributed by atoms with Crippen LogP contribution >= 0.6 is 12.4 Å². The van der Waals surface area contributed by atoms with E-state index in [1.165, 1.54) is 8.99 Å². The highest BCUT2D eigenvalue weighted by Gasteiger charge is 2.24. The Kier molecular flexibility index (Phi) is 5.09. The first-order valence-corrected chi connectivity index (χ1v) is 9.71. The highest BCUT2D eigenvalue weighted by atomic mass is 35.5. The van der Waals surface area contributed by atoms with Crippen LogP contribution in [0.25, 0.3) is 22.0 Å². The first-order chi connectivity index (χ1) is 12.3. The van der Waals surface area contributed by atoms with E-state index in [0.717, 1.165) is 27.8 Å². The third-order valence-electron chi connectivity index (χ3n) is 4.77. The Morgan fingerprint density at radius 3 is 2.48 bits per heavy atom. The smallest absolute Gasteiger partial charge is 0.267 e. The van der Waals surface area contributed by atoms with Gasteiger partial charge in [0.1, 0.15) is 0 Å². The summed E-state index contributed by atoms with van der Waals surface area (Å²) in [5.74, 6) is 0. The molecule has 142 valence electrons. The van der Waals surface area contributed by atoms with E-state index in [1.54, 1.807) is 13.1 Å². The van der Waals surface area contributed by atoms with Crippen LogP contribution in [0.1, 0.15) is 11.1 Å². The lowest BCUT2D eigenvalue weighted by molar-refractivity contribution is 0.392. The number of fused-ring (bicyclic) bond motifs is 2. The summed E-state index contributed by atoms with van der Waals surface area (Å²) >= 11 is 0. The SMILES string of the molecule is Cl.Cn1nc(-c2ccc3c(c2)CCN(S(N)(=O)=O)C3)c2ccccc2c1=O. The lowest BCUT2D eigenvalue weighted by Gasteiger charge is -2.26. The van der Waals surface area contributed by atoms with Crippen molar-refractivity contribution >= 4 is 33.4 Å². The first-order valence-electron chi connectivity index (χ1n) is 8.21. The summed E-state index contributed by atoms with van der Waals surface area (Å²) < 4.78 is 25.7. The van der Waals surface area contributed by atoms with Gasteiger partial charge in [0, 0.05) is 31.1 Å². The molecule has 0 atom stereocenters. The molecule has 0 saturated carbocycles. The molecule has 2 aromatic carbocycles. The molecular weight excluding hydrogens is 388 g/mol. The van der Waals surface area contributed by atoms with Crippen LogP contribution in [0.15, 0.2) is 47.3 Å². The Morgan fingerprint density at radius 1 is 1.07 bits per heavy atom. The molecule has 0 bridgehead atoms. The van der Waals surface area contributed by atoms with Gasteiger partial charge in [0.05, 0.1) is 11.1 Å². The van der Waals surface area contributed by atoms with E-state index in [0.29, 0.717) is 18.4 Å². The average molecular weight is 407 g/mol. The predicted octanol–water partition coefficient (Wildman–Crippen LogP) is 1.58. The largest absolute Gasteiger partial charge is 0.277 e. The highest BCUT2D eigenvalue weighted by molar-refractivity contribution is 7.86. The maximum atomic E-state index is 12.3. The summed E-state index contributed by atoms with van der Waals surface area (Å²) in [5, 5.41) is 11.1. The second kappa shape index (κ2) is 7.05. The minimum atomic E-state index is -3.69. The minimum absolute atomic E-state index is 0.